The van der Waals surface area contributed by atoms with Gasteiger partial charge in [-0.25, -0.2) is 9.59 Å². The van der Waals surface area contributed by atoms with Crippen molar-refractivity contribution in [2.45, 2.75) is 20.8 Å². The molecule has 114 valence electrons. The minimum absolute atomic E-state index is 0.127. The summed E-state index contributed by atoms with van der Waals surface area (Å²) in [4.78, 5) is 22.5. The van der Waals surface area contributed by atoms with Gasteiger partial charge in [0.2, 0.25) is 0 Å². The first-order valence-corrected chi connectivity index (χ1v) is 7.01. The van der Waals surface area contributed by atoms with Gasteiger partial charge in [0.15, 0.2) is 0 Å². The summed E-state index contributed by atoms with van der Waals surface area (Å²) in [5.74, 6) is -1.11. The molecule has 0 fully saturated rings. The summed E-state index contributed by atoms with van der Waals surface area (Å²) >= 11 is 0. The lowest BCUT2D eigenvalue weighted by Crippen LogP contribution is -2.49. The van der Waals surface area contributed by atoms with Gasteiger partial charge in [-0.05, 0) is 20.8 Å². The normalized spacial score (nSPS) is 11.3. The molecule has 0 aromatic heterocycles. The van der Waals surface area contributed by atoms with E-state index < -0.39 is 11.9 Å². The molecule has 0 atom stereocenters. The molecule has 5 heteroatoms. The monoisotopic (exact) mass is 284 g/mol. The zero-order valence-electron chi connectivity index (χ0n) is 12.8. The highest BCUT2D eigenvalue weighted by Gasteiger charge is 2.20. The van der Waals surface area contributed by atoms with Gasteiger partial charge >= 0.3 is 11.9 Å². The maximum atomic E-state index is 11.4. The number of carbonyl (C=O) groups excluding carboxylic acids is 2. The summed E-state index contributed by atoms with van der Waals surface area (Å²) in [5.41, 5.74) is 0. The average molecular weight is 284 g/mol. The van der Waals surface area contributed by atoms with Crippen LogP contribution in [0.5, 0.6) is 0 Å². The van der Waals surface area contributed by atoms with E-state index >= 15 is 0 Å². The molecule has 0 amide bonds. The Labute approximate surface area is 121 Å². The number of esters is 2. The Kier molecular flexibility index (Phi) is 9.38. The second-order valence-corrected chi connectivity index (χ2v) is 4.43. The first kappa shape index (κ1) is 18.4. The maximum Gasteiger partial charge on any atom is 0.331 e. The van der Waals surface area contributed by atoms with Crippen LogP contribution in [-0.2, 0) is 19.1 Å². The predicted molar refractivity (Wildman–Crippen MR) is 78.0 cm³/mol. The van der Waals surface area contributed by atoms with Crippen LogP contribution in [0.15, 0.2) is 24.8 Å². The largest absolute Gasteiger partial charge is 0.458 e. The van der Waals surface area contributed by atoms with E-state index in [1.165, 1.54) is 6.08 Å². The van der Waals surface area contributed by atoms with E-state index in [-0.39, 0.29) is 6.61 Å². The fourth-order valence-electron chi connectivity index (χ4n) is 1.86. The van der Waals surface area contributed by atoms with Gasteiger partial charge in [-0.3, -0.25) is 0 Å². The molecule has 0 heterocycles. The van der Waals surface area contributed by atoms with E-state index in [1.807, 2.05) is 0 Å². The highest BCUT2D eigenvalue weighted by molar-refractivity contribution is 5.91. The van der Waals surface area contributed by atoms with E-state index in [1.54, 1.807) is 0 Å². The lowest BCUT2D eigenvalue weighted by molar-refractivity contribution is -0.923. The Morgan fingerprint density at radius 3 is 1.95 bits per heavy atom. The van der Waals surface area contributed by atoms with Crippen molar-refractivity contribution in [1.82, 2.24) is 0 Å². The van der Waals surface area contributed by atoms with Crippen molar-refractivity contribution in [2.75, 3.05) is 39.4 Å². The number of likely N-dealkylation sites (N-methyl/N-ethyl adjacent to an activating group) is 1. The van der Waals surface area contributed by atoms with Crippen LogP contribution in [0.2, 0.25) is 0 Å². The van der Waals surface area contributed by atoms with Crippen molar-refractivity contribution in [3.05, 3.63) is 24.8 Å². The van der Waals surface area contributed by atoms with Crippen LogP contribution in [0.3, 0.4) is 0 Å². The fourth-order valence-corrected chi connectivity index (χ4v) is 1.86. The minimum Gasteiger partial charge on any atom is -0.458 e. The van der Waals surface area contributed by atoms with E-state index in [0.29, 0.717) is 6.61 Å². The Morgan fingerprint density at radius 1 is 1.00 bits per heavy atom. The minimum atomic E-state index is -0.581. The van der Waals surface area contributed by atoms with E-state index in [2.05, 4.69) is 27.4 Å². The summed E-state index contributed by atoms with van der Waals surface area (Å²) in [6, 6.07) is 0. The summed E-state index contributed by atoms with van der Waals surface area (Å²) in [6.07, 6.45) is 3.61. The molecule has 5 nitrogen and oxygen atoms in total. The van der Waals surface area contributed by atoms with Gasteiger partial charge in [0.1, 0.15) is 19.8 Å². The second kappa shape index (κ2) is 10.2. The third-order valence-corrected chi connectivity index (χ3v) is 3.52. The van der Waals surface area contributed by atoms with Gasteiger partial charge in [-0.2, -0.15) is 0 Å². The molecule has 0 rings (SSSR count). The molecule has 0 radical (unpaired) electrons. The van der Waals surface area contributed by atoms with E-state index in [9.17, 15) is 9.59 Å². The molecule has 20 heavy (non-hydrogen) atoms. The summed E-state index contributed by atoms with van der Waals surface area (Å²) in [7, 11) is 0. The number of carbonyl (C=O) groups is 2. The Bertz CT molecular complexity index is 338. The van der Waals surface area contributed by atoms with Crippen molar-refractivity contribution < 1.29 is 23.5 Å². The number of hydrogen-bond acceptors (Lipinski definition) is 4. The molecule has 0 N–H and O–H groups in total. The van der Waals surface area contributed by atoms with E-state index in [0.717, 1.165) is 42.8 Å². The molecule has 0 aromatic carbocycles. The predicted octanol–water partition coefficient (Wildman–Crippen LogP) is 1.69. The van der Waals surface area contributed by atoms with E-state index in [4.69, 9.17) is 9.47 Å². The zero-order valence-corrected chi connectivity index (χ0v) is 12.8. The molecule has 0 aliphatic heterocycles. The number of nitrogens with zero attached hydrogens (tertiary/aromatic N) is 1. The van der Waals surface area contributed by atoms with Gasteiger partial charge in [0.25, 0.3) is 0 Å². The van der Waals surface area contributed by atoms with Crippen LogP contribution >= 0.6 is 0 Å². The van der Waals surface area contributed by atoms with Crippen LogP contribution < -0.4 is 0 Å². The number of ether oxygens (including phenoxy) is 2. The molecule has 0 aromatic rings. The third-order valence-electron chi connectivity index (χ3n) is 3.52. The SMILES string of the molecule is C=CCOC(=O)/C=C\C(=O)OCC[N+](CC)(CC)CC. The first-order chi connectivity index (χ1) is 9.53. The molecule has 0 spiro atoms. The highest BCUT2D eigenvalue weighted by atomic mass is 16.5. The van der Waals surface area contributed by atoms with Crippen molar-refractivity contribution in [3.63, 3.8) is 0 Å². The van der Waals surface area contributed by atoms with Crippen LogP contribution in [0.25, 0.3) is 0 Å². The van der Waals surface area contributed by atoms with Crippen molar-refractivity contribution in [3.8, 4) is 0 Å². The smallest absolute Gasteiger partial charge is 0.331 e. The summed E-state index contributed by atoms with van der Waals surface area (Å²) in [6.45, 7) is 14.1. The van der Waals surface area contributed by atoms with Crippen LogP contribution in [0, 0.1) is 0 Å². The Morgan fingerprint density at radius 2 is 1.50 bits per heavy atom. The number of rotatable bonds is 10. The summed E-state index contributed by atoms with van der Waals surface area (Å²) < 4.78 is 10.7. The Balaban J connectivity index is 4.07. The molecule has 0 unspecified atom stereocenters. The third kappa shape index (κ3) is 7.09. The van der Waals surface area contributed by atoms with Gasteiger partial charge < -0.3 is 14.0 Å². The van der Waals surface area contributed by atoms with Crippen LogP contribution in [0.4, 0.5) is 0 Å². The molecule has 0 bridgehead atoms. The molecule has 0 aliphatic carbocycles. The molecule has 0 saturated heterocycles. The standard InChI is InChI=1S/C15H26NO4/c1-5-12-19-14(17)9-10-15(18)20-13-11-16(6-2,7-3)8-4/h5,9-10H,1,6-8,11-13H2,2-4H3/q+1/b10-9-. The second-order valence-electron chi connectivity index (χ2n) is 4.43. The zero-order chi connectivity index (χ0) is 15.4. The topological polar surface area (TPSA) is 52.6 Å². The molecule has 0 saturated carbocycles. The van der Waals surface area contributed by atoms with Gasteiger partial charge in [0.05, 0.1) is 19.6 Å². The van der Waals surface area contributed by atoms with Crippen molar-refractivity contribution in [2.24, 2.45) is 0 Å². The average Bonchev–Trinajstić information content (AvgIpc) is 2.48. The lowest BCUT2D eigenvalue weighted by atomic mass is 10.3. The van der Waals surface area contributed by atoms with Crippen molar-refractivity contribution in [1.29, 1.82) is 0 Å². The first-order valence-electron chi connectivity index (χ1n) is 7.01. The maximum absolute atomic E-state index is 11.4. The van der Waals surface area contributed by atoms with Gasteiger partial charge in [-0.15, -0.1) is 0 Å². The van der Waals surface area contributed by atoms with Gasteiger partial charge in [0, 0.05) is 12.2 Å². The Hall–Kier alpha value is -1.62. The molecular formula is C15H26NO4+. The van der Waals surface area contributed by atoms with Gasteiger partial charge in [-0.1, -0.05) is 12.7 Å². The van der Waals surface area contributed by atoms with Crippen LogP contribution in [0.1, 0.15) is 20.8 Å². The lowest BCUT2D eigenvalue weighted by Gasteiger charge is -2.35. The van der Waals surface area contributed by atoms with Crippen LogP contribution in [-0.4, -0.2) is 55.8 Å². The quantitative estimate of drug-likeness (QED) is 0.265. The highest BCUT2D eigenvalue weighted by Crippen LogP contribution is 2.05. The number of quaternary nitrogens is 1. The fraction of sp³-hybridized carbons (Fsp3) is 0.600. The van der Waals surface area contributed by atoms with Crippen molar-refractivity contribution >= 4 is 11.9 Å². The number of hydrogen-bond donors (Lipinski definition) is 0. The molecule has 0 aliphatic rings. The molecular weight excluding hydrogens is 258 g/mol. The summed E-state index contributed by atoms with van der Waals surface area (Å²) in [5, 5.41) is 0.